The fraction of sp³-hybridized carbons (Fsp3) is 0. The largest absolute Gasteiger partial charge is 0.256 e. The Morgan fingerprint density at radius 2 is 1.60 bits per heavy atom. The van der Waals surface area contributed by atoms with E-state index in [4.69, 9.17) is 0 Å². The summed E-state index contributed by atoms with van der Waals surface area (Å²) in [5.74, 6) is 0. The molecular formula is C19H15N. The molecule has 0 aliphatic heterocycles. The van der Waals surface area contributed by atoms with E-state index in [-0.39, 0.29) is 0 Å². The van der Waals surface area contributed by atoms with Crippen molar-refractivity contribution in [3.63, 3.8) is 0 Å². The van der Waals surface area contributed by atoms with Gasteiger partial charge in [-0.15, -0.1) is 0 Å². The van der Waals surface area contributed by atoms with E-state index in [1.165, 1.54) is 11.1 Å². The van der Waals surface area contributed by atoms with E-state index in [1.54, 1.807) is 0 Å². The van der Waals surface area contributed by atoms with Crippen LogP contribution < -0.4 is 0 Å². The highest BCUT2D eigenvalue weighted by molar-refractivity contribution is 5.78. The molecule has 0 N–H and O–H groups in total. The topological polar surface area (TPSA) is 12.9 Å². The summed E-state index contributed by atoms with van der Waals surface area (Å²) in [6.07, 6.45) is 3.69. The average molecular weight is 257 g/mol. The monoisotopic (exact) mass is 257 g/mol. The molecule has 1 heteroatoms. The number of pyridine rings is 1. The molecule has 0 saturated heterocycles. The van der Waals surface area contributed by atoms with Crippen molar-refractivity contribution in [3.05, 3.63) is 85.1 Å². The molecule has 0 fully saturated rings. The van der Waals surface area contributed by atoms with E-state index >= 15 is 0 Å². The molecule has 0 aliphatic carbocycles. The van der Waals surface area contributed by atoms with Crippen molar-refractivity contribution in [1.82, 2.24) is 4.98 Å². The first-order valence-electron chi connectivity index (χ1n) is 6.62. The van der Waals surface area contributed by atoms with Crippen LogP contribution in [0, 0.1) is 0 Å². The van der Waals surface area contributed by atoms with E-state index in [1.807, 2.05) is 36.5 Å². The summed E-state index contributed by atoms with van der Waals surface area (Å²) < 4.78 is 0. The van der Waals surface area contributed by atoms with Gasteiger partial charge in [0.25, 0.3) is 0 Å². The summed E-state index contributed by atoms with van der Waals surface area (Å²) in [6, 6.07) is 22.7. The first-order valence-corrected chi connectivity index (χ1v) is 6.62. The van der Waals surface area contributed by atoms with Crippen molar-refractivity contribution in [3.8, 4) is 22.4 Å². The Labute approximate surface area is 119 Å². The van der Waals surface area contributed by atoms with Crippen molar-refractivity contribution >= 4 is 6.08 Å². The lowest BCUT2D eigenvalue weighted by Gasteiger charge is -2.09. The molecule has 0 aliphatic rings. The maximum atomic E-state index is 4.44. The summed E-state index contributed by atoms with van der Waals surface area (Å²) in [4.78, 5) is 4.44. The molecule has 0 amide bonds. The zero-order valence-corrected chi connectivity index (χ0v) is 11.2. The van der Waals surface area contributed by atoms with Gasteiger partial charge in [0.15, 0.2) is 0 Å². The highest BCUT2D eigenvalue weighted by Gasteiger charge is 2.06. The maximum Gasteiger partial charge on any atom is 0.0708 e. The Morgan fingerprint density at radius 3 is 2.30 bits per heavy atom. The molecule has 0 bridgehead atoms. The third-order valence-electron chi connectivity index (χ3n) is 3.32. The minimum atomic E-state index is 0.972. The number of hydrogen-bond donors (Lipinski definition) is 0. The molecule has 2 aromatic carbocycles. The van der Waals surface area contributed by atoms with Crippen LogP contribution in [0.4, 0.5) is 0 Å². The number of benzene rings is 2. The van der Waals surface area contributed by atoms with Crippen LogP contribution in [-0.2, 0) is 0 Å². The van der Waals surface area contributed by atoms with Gasteiger partial charge in [0.05, 0.1) is 5.69 Å². The number of rotatable bonds is 3. The Morgan fingerprint density at radius 1 is 0.800 bits per heavy atom. The number of nitrogens with zero attached hydrogens (tertiary/aromatic N) is 1. The minimum Gasteiger partial charge on any atom is -0.256 e. The first-order chi connectivity index (χ1) is 9.88. The van der Waals surface area contributed by atoms with Crippen molar-refractivity contribution < 1.29 is 0 Å². The second-order valence-corrected chi connectivity index (χ2v) is 4.59. The molecule has 3 aromatic rings. The second kappa shape index (κ2) is 5.54. The van der Waals surface area contributed by atoms with E-state index in [2.05, 4.69) is 54.0 Å². The fourth-order valence-electron chi connectivity index (χ4n) is 2.29. The van der Waals surface area contributed by atoms with E-state index < -0.39 is 0 Å². The lowest BCUT2D eigenvalue weighted by atomic mass is 9.97. The van der Waals surface area contributed by atoms with Crippen molar-refractivity contribution in [1.29, 1.82) is 0 Å². The van der Waals surface area contributed by atoms with Crippen LogP contribution in [0.1, 0.15) is 5.56 Å². The summed E-state index contributed by atoms with van der Waals surface area (Å²) >= 11 is 0. The van der Waals surface area contributed by atoms with Gasteiger partial charge in [0.1, 0.15) is 0 Å². The van der Waals surface area contributed by atoms with Gasteiger partial charge in [-0.2, -0.15) is 0 Å². The van der Waals surface area contributed by atoms with Gasteiger partial charge in [-0.25, -0.2) is 0 Å². The van der Waals surface area contributed by atoms with Crippen LogP contribution in [0.3, 0.4) is 0 Å². The summed E-state index contributed by atoms with van der Waals surface area (Å²) in [6.45, 7) is 3.89. The lowest BCUT2D eigenvalue weighted by molar-refractivity contribution is 1.32. The van der Waals surface area contributed by atoms with E-state index in [0.29, 0.717) is 0 Å². The molecule has 1 aromatic heterocycles. The molecule has 0 saturated carbocycles. The molecule has 0 atom stereocenters. The molecule has 0 radical (unpaired) electrons. The quantitative estimate of drug-likeness (QED) is 0.639. The van der Waals surface area contributed by atoms with Crippen LogP contribution >= 0.6 is 0 Å². The standard InChI is InChI=1S/C19H15N/c1-2-15-11-12-17(16-8-4-3-5-9-16)14-18(15)19-10-6-7-13-20-19/h2-14H,1H2. The van der Waals surface area contributed by atoms with Gasteiger partial charge < -0.3 is 0 Å². The summed E-state index contributed by atoms with van der Waals surface area (Å²) in [5.41, 5.74) is 5.59. The molecule has 20 heavy (non-hydrogen) atoms. The predicted octanol–water partition coefficient (Wildman–Crippen LogP) is 5.06. The molecule has 0 spiro atoms. The molecule has 0 unspecified atom stereocenters. The summed E-state index contributed by atoms with van der Waals surface area (Å²) in [7, 11) is 0. The average Bonchev–Trinajstić information content (AvgIpc) is 2.56. The summed E-state index contributed by atoms with van der Waals surface area (Å²) in [5, 5.41) is 0. The highest BCUT2D eigenvalue weighted by atomic mass is 14.7. The number of aromatic nitrogens is 1. The Balaban J connectivity index is 2.16. The van der Waals surface area contributed by atoms with Crippen LogP contribution in [0.2, 0.25) is 0 Å². The normalized spacial score (nSPS) is 10.2. The van der Waals surface area contributed by atoms with Crippen molar-refractivity contribution in [2.45, 2.75) is 0 Å². The van der Waals surface area contributed by atoms with Crippen LogP contribution in [0.5, 0.6) is 0 Å². The predicted molar refractivity (Wildman–Crippen MR) is 85.2 cm³/mol. The molecule has 96 valence electrons. The van der Waals surface area contributed by atoms with Gasteiger partial charge in [-0.05, 0) is 34.9 Å². The Kier molecular flexibility index (Phi) is 3.42. The molecule has 3 rings (SSSR count). The first kappa shape index (κ1) is 12.4. The Bertz CT molecular complexity index is 715. The molecule has 1 heterocycles. The van der Waals surface area contributed by atoms with Gasteiger partial charge in [0.2, 0.25) is 0 Å². The SMILES string of the molecule is C=Cc1ccc(-c2ccccc2)cc1-c1ccccn1. The van der Waals surface area contributed by atoms with E-state index in [9.17, 15) is 0 Å². The van der Waals surface area contributed by atoms with Gasteiger partial charge >= 0.3 is 0 Å². The molecule has 1 nitrogen and oxygen atoms in total. The Hall–Kier alpha value is -2.67. The van der Waals surface area contributed by atoms with Gasteiger partial charge in [-0.3, -0.25) is 4.98 Å². The van der Waals surface area contributed by atoms with Crippen molar-refractivity contribution in [2.24, 2.45) is 0 Å². The van der Waals surface area contributed by atoms with Crippen LogP contribution in [0.25, 0.3) is 28.5 Å². The van der Waals surface area contributed by atoms with Gasteiger partial charge in [0, 0.05) is 11.8 Å². The van der Waals surface area contributed by atoms with Crippen LogP contribution in [0.15, 0.2) is 79.5 Å². The zero-order chi connectivity index (χ0) is 13.8. The van der Waals surface area contributed by atoms with Crippen molar-refractivity contribution in [2.75, 3.05) is 0 Å². The van der Waals surface area contributed by atoms with Crippen LogP contribution in [-0.4, -0.2) is 4.98 Å². The third kappa shape index (κ3) is 2.39. The lowest BCUT2D eigenvalue weighted by Crippen LogP contribution is -1.88. The highest BCUT2D eigenvalue weighted by Crippen LogP contribution is 2.29. The fourth-order valence-corrected chi connectivity index (χ4v) is 2.29. The second-order valence-electron chi connectivity index (χ2n) is 4.59. The zero-order valence-electron chi connectivity index (χ0n) is 11.2. The third-order valence-corrected chi connectivity index (χ3v) is 3.32. The number of hydrogen-bond acceptors (Lipinski definition) is 1. The van der Waals surface area contributed by atoms with Gasteiger partial charge in [-0.1, -0.05) is 61.2 Å². The molecular weight excluding hydrogens is 242 g/mol. The maximum absolute atomic E-state index is 4.44. The minimum absolute atomic E-state index is 0.972. The van der Waals surface area contributed by atoms with E-state index in [0.717, 1.165) is 16.8 Å². The smallest absolute Gasteiger partial charge is 0.0708 e.